The summed E-state index contributed by atoms with van der Waals surface area (Å²) < 4.78 is 10.7. The van der Waals surface area contributed by atoms with Crippen LogP contribution >= 0.6 is 0 Å². The lowest BCUT2D eigenvalue weighted by Gasteiger charge is -2.35. The van der Waals surface area contributed by atoms with Gasteiger partial charge in [0.05, 0.1) is 14.2 Å². The van der Waals surface area contributed by atoms with Crippen LogP contribution < -0.4 is 14.8 Å². The Hall–Kier alpha value is -1.22. The van der Waals surface area contributed by atoms with E-state index >= 15 is 0 Å². The lowest BCUT2D eigenvalue weighted by Crippen LogP contribution is -2.37. The fraction of sp³-hybridized carbons (Fsp3) is 0.571. The molecule has 1 N–H and O–H groups in total. The molecular formula is C14H21NO2. The molecule has 0 amide bonds. The molecule has 1 fully saturated rings. The minimum atomic E-state index is 0.211. The number of ether oxygens (including phenoxy) is 2. The summed E-state index contributed by atoms with van der Waals surface area (Å²) >= 11 is 0. The summed E-state index contributed by atoms with van der Waals surface area (Å²) in [5.41, 5.74) is 1.50. The van der Waals surface area contributed by atoms with Crippen LogP contribution in [0.15, 0.2) is 18.2 Å². The number of rotatable bonds is 3. The minimum Gasteiger partial charge on any atom is -0.497 e. The van der Waals surface area contributed by atoms with Crippen LogP contribution in [-0.4, -0.2) is 27.3 Å². The second-order valence-corrected chi connectivity index (χ2v) is 4.88. The van der Waals surface area contributed by atoms with Crippen molar-refractivity contribution in [3.05, 3.63) is 23.8 Å². The van der Waals surface area contributed by atoms with E-state index in [2.05, 4.69) is 18.3 Å². The van der Waals surface area contributed by atoms with Crippen molar-refractivity contribution in [2.75, 3.05) is 27.3 Å². The van der Waals surface area contributed by atoms with Crippen molar-refractivity contribution in [3.63, 3.8) is 0 Å². The average Bonchev–Trinajstić information content (AvgIpc) is 2.38. The Morgan fingerprint density at radius 3 is 2.41 bits per heavy atom. The molecule has 0 bridgehead atoms. The van der Waals surface area contributed by atoms with Gasteiger partial charge in [0.15, 0.2) is 0 Å². The summed E-state index contributed by atoms with van der Waals surface area (Å²) in [6.45, 7) is 4.47. The largest absolute Gasteiger partial charge is 0.497 e. The molecule has 3 nitrogen and oxygen atoms in total. The third-order valence-corrected chi connectivity index (χ3v) is 3.77. The van der Waals surface area contributed by atoms with Gasteiger partial charge in [0.1, 0.15) is 11.5 Å². The summed E-state index contributed by atoms with van der Waals surface area (Å²) in [6, 6.07) is 6.14. The van der Waals surface area contributed by atoms with Gasteiger partial charge in [0, 0.05) is 11.6 Å². The van der Waals surface area contributed by atoms with Crippen LogP contribution in [0.2, 0.25) is 0 Å². The maximum atomic E-state index is 5.51. The van der Waals surface area contributed by atoms with Gasteiger partial charge in [0.25, 0.3) is 0 Å². The Bertz CT molecular complexity index is 384. The predicted octanol–water partition coefficient (Wildman–Crippen LogP) is 2.34. The highest BCUT2D eigenvalue weighted by atomic mass is 16.5. The van der Waals surface area contributed by atoms with Gasteiger partial charge in [-0.15, -0.1) is 0 Å². The quantitative estimate of drug-likeness (QED) is 0.872. The van der Waals surface area contributed by atoms with Crippen LogP contribution in [0, 0.1) is 0 Å². The van der Waals surface area contributed by atoms with Crippen molar-refractivity contribution in [3.8, 4) is 11.5 Å². The zero-order valence-electron chi connectivity index (χ0n) is 10.9. The second kappa shape index (κ2) is 4.96. The molecule has 0 saturated carbocycles. The summed E-state index contributed by atoms with van der Waals surface area (Å²) in [4.78, 5) is 0. The first-order chi connectivity index (χ1) is 8.19. The minimum absolute atomic E-state index is 0.211. The lowest BCUT2D eigenvalue weighted by atomic mass is 9.74. The zero-order valence-corrected chi connectivity index (χ0v) is 10.9. The average molecular weight is 235 g/mol. The smallest absolute Gasteiger partial charge is 0.126 e. The maximum Gasteiger partial charge on any atom is 0.126 e. The number of hydrogen-bond acceptors (Lipinski definition) is 3. The third-order valence-electron chi connectivity index (χ3n) is 3.77. The van der Waals surface area contributed by atoms with E-state index in [0.717, 1.165) is 37.4 Å². The Balaban J connectivity index is 2.36. The second-order valence-electron chi connectivity index (χ2n) is 4.88. The van der Waals surface area contributed by atoms with Gasteiger partial charge in [-0.3, -0.25) is 0 Å². The van der Waals surface area contributed by atoms with Crippen LogP contribution in [0.1, 0.15) is 25.3 Å². The number of methoxy groups -OCH3 is 2. The van der Waals surface area contributed by atoms with Crippen molar-refractivity contribution in [2.24, 2.45) is 0 Å². The highest BCUT2D eigenvalue weighted by molar-refractivity contribution is 5.45. The van der Waals surface area contributed by atoms with E-state index in [9.17, 15) is 0 Å². The molecule has 1 heterocycles. The normalized spacial score (nSPS) is 18.8. The zero-order chi connectivity index (χ0) is 12.3. The summed E-state index contributed by atoms with van der Waals surface area (Å²) in [6.07, 6.45) is 2.30. The molecular weight excluding hydrogens is 214 g/mol. The van der Waals surface area contributed by atoms with Crippen LogP contribution in [-0.2, 0) is 5.41 Å². The highest BCUT2D eigenvalue weighted by Gasteiger charge is 2.31. The fourth-order valence-corrected chi connectivity index (χ4v) is 2.55. The predicted molar refractivity (Wildman–Crippen MR) is 69.0 cm³/mol. The Morgan fingerprint density at radius 1 is 1.12 bits per heavy atom. The molecule has 1 saturated heterocycles. The van der Waals surface area contributed by atoms with E-state index in [0.29, 0.717) is 0 Å². The van der Waals surface area contributed by atoms with E-state index < -0.39 is 0 Å². The van der Waals surface area contributed by atoms with Crippen molar-refractivity contribution in [2.45, 2.75) is 25.2 Å². The van der Waals surface area contributed by atoms with Crippen LogP contribution in [0.25, 0.3) is 0 Å². The van der Waals surface area contributed by atoms with Crippen LogP contribution in [0.4, 0.5) is 0 Å². The van der Waals surface area contributed by atoms with Gasteiger partial charge in [0.2, 0.25) is 0 Å². The first kappa shape index (κ1) is 12.2. The standard InChI is InChI=1S/C14H21NO2/c1-14(6-8-15-9-7-14)12-5-4-11(16-2)10-13(12)17-3/h4-5,10,15H,6-9H2,1-3H3. The Morgan fingerprint density at radius 2 is 1.82 bits per heavy atom. The number of piperidine rings is 1. The van der Waals surface area contributed by atoms with Crippen LogP contribution in [0.3, 0.4) is 0 Å². The molecule has 0 atom stereocenters. The SMILES string of the molecule is COc1ccc(C2(C)CCNCC2)c(OC)c1. The molecule has 94 valence electrons. The molecule has 2 rings (SSSR count). The van der Waals surface area contributed by atoms with E-state index in [1.54, 1.807) is 14.2 Å². The van der Waals surface area contributed by atoms with Crippen molar-refractivity contribution >= 4 is 0 Å². The lowest BCUT2D eigenvalue weighted by molar-refractivity contribution is 0.315. The van der Waals surface area contributed by atoms with Gasteiger partial charge in [-0.1, -0.05) is 13.0 Å². The number of hydrogen-bond donors (Lipinski definition) is 1. The van der Waals surface area contributed by atoms with Gasteiger partial charge in [-0.2, -0.15) is 0 Å². The molecule has 0 aromatic heterocycles. The first-order valence-corrected chi connectivity index (χ1v) is 6.13. The molecule has 1 aliphatic heterocycles. The van der Waals surface area contributed by atoms with E-state index in [-0.39, 0.29) is 5.41 Å². The fourth-order valence-electron chi connectivity index (χ4n) is 2.55. The van der Waals surface area contributed by atoms with Crippen molar-refractivity contribution < 1.29 is 9.47 Å². The Labute approximate surface area is 103 Å². The van der Waals surface area contributed by atoms with Crippen LogP contribution in [0.5, 0.6) is 11.5 Å². The monoisotopic (exact) mass is 235 g/mol. The summed E-state index contributed by atoms with van der Waals surface area (Å²) in [7, 11) is 3.41. The van der Waals surface area contributed by atoms with Gasteiger partial charge in [-0.05, 0) is 37.4 Å². The van der Waals surface area contributed by atoms with Gasteiger partial charge in [-0.25, -0.2) is 0 Å². The molecule has 1 aromatic carbocycles. The molecule has 1 aromatic rings. The van der Waals surface area contributed by atoms with E-state index in [1.165, 1.54) is 5.56 Å². The molecule has 1 aliphatic rings. The topological polar surface area (TPSA) is 30.5 Å². The first-order valence-electron chi connectivity index (χ1n) is 6.13. The summed E-state index contributed by atoms with van der Waals surface area (Å²) in [5.74, 6) is 1.79. The molecule has 0 spiro atoms. The molecule has 3 heteroatoms. The molecule has 0 radical (unpaired) electrons. The molecule has 0 aliphatic carbocycles. The summed E-state index contributed by atoms with van der Waals surface area (Å²) in [5, 5.41) is 3.40. The highest BCUT2D eigenvalue weighted by Crippen LogP contribution is 2.39. The van der Waals surface area contributed by atoms with E-state index in [1.807, 2.05) is 12.1 Å². The van der Waals surface area contributed by atoms with Gasteiger partial charge < -0.3 is 14.8 Å². The van der Waals surface area contributed by atoms with Crippen molar-refractivity contribution in [1.82, 2.24) is 5.32 Å². The van der Waals surface area contributed by atoms with E-state index in [4.69, 9.17) is 9.47 Å². The molecule has 17 heavy (non-hydrogen) atoms. The Kier molecular flexibility index (Phi) is 3.57. The van der Waals surface area contributed by atoms with Crippen molar-refractivity contribution in [1.29, 1.82) is 0 Å². The number of benzene rings is 1. The number of nitrogens with one attached hydrogen (secondary N) is 1. The maximum absolute atomic E-state index is 5.51. The third kappa shape index (κ3) is 2.39. The molecule has 0 unspecified atom stereocenters. The van der Waals surface area contributed by atoms with Gasteiger partial charge >= 0.3 is 0 Å².